The number of nitrogens with one attached hydrogen (secondary N) is 3. The van der Waals surface area contributed by atoms with Gasteiger partial charge in [0.05, 0.1) is 24.2 Å². The van der Waals surface area contributed by atoms with E-state index in [1.54, 1.807) is 0 Å². The number of nitrogens with zero attached hydrogens (tertiary/aromatic N) is 2. The summed E-state index contributed by atoms with van der Waals surface area (Å²) in [7, 11) is -16.5. The molecule has 2 amide bonds. The molecule has 0 bridgehead atoms. The lowest BCUT2D eigenvalue weighted by molar-refractivity contribution is -0.0202. The van der Waals surface area contributed by atoms with Crippen molar-refractivity contribution in [3.05, 3.63) is 22.1 Å². The Morgan fingerprint density at radius 2 is 1.93 bits per heavy atom. The standard InChI is InChI=1S/C20H31N6O14P3S/c21-19-24-17-16(18(27)25-19)13(6-8-23-20(28)22-7-2-1-3-9-36-12-44)10-26(17)15-5-4-14(38-15)11-37-42(32,33)40-43(34,35)39-41(29,30)31/h10,14-15,44H,1-5,7,9,11-12H2,(H,32,33)(H,34,35)(H2,22,23,28)(H2,29,30,31)(H3,21,24,25,27)/t14-,15?/m0/s1. The van der Waals surface area contributed by atoms with Crippen molar-refractivity contribution in [2.75, 3.05) is 31.4 Å². The molecule has 0 saturated carbocycles. The molecule has 24 heteroatoms. The summed E-state index contributed by atoms with van der Waals surface area (Å²) >= 11 is 3.95. The highest BCUT2D eigenvalue weighted by Crippen LogP contribution is 2.66. The van der Waals surface area contributed by atoms with Crippen LogP contribution in [0.15, 0.2) is 11.0 Å². The summed E-state index contributed by atoms with van der Waals surface area (Å²) < 4.78 is 58.7. The van der Waals surface area contributed by atoms with Gasteiger partial charge in [-0.3, -0.25) is 19.6 Å². The number of hydrogen-bond acceptors (Lipinski definition) is 13. The molecule has 0 aromatic carbocycles. The summed E-state index contributed by atoms with van der Waals surface area (Å²) in [5, 5.41) is 5.08. The zero-order valence-corrected chi connectivity index (χ0v) is 26.3. The highest BCUT2D eigenvalue weighted by molar-refractivity contribution is 7.80. The van der Waals surface area contributed by atoms with Crippen LogP contribution in [0.1, 0.15) is 43.9 Å². The van der Waals surface area contributed by atoms with Crippen molar-refractivity contribution in [3.63, 3.8) is 0 Å². The van der Waals surface area contributed by atoms with Gasteiger partial charge in [0.2, 0.25) is 5.95 Å². The first-order valence-corrected chi connectivity index (χ1v) is 17.8. The Kier molecular flexibility index (Phi) is 13.0. The Hall–Kier alpha value is -2.27. The average Bonchev–Trinajstić information content (AvgIpc) is 3.49. The zero-order chi connectivity index (χ0) is 32.5. The van der Waals surface area contributed by atoms with Crippen molar-refractivity contribution in [1.29, 1.82) is 0 Å². The number of unbranched alkanes of at least 4 members (excludes halogenated alkanes) is 2. The molecule has 0 aliphatic carbocycles. The first-order chi connectivity index (χ1) is 20.6. The van der Waals surface area contributed by atoms with E-state index in [1.165, 1.54) is 10.8 Å². The van der Waals surface area contributed by atoms with Gasteiger partial charge in [-0.1, -0.05) is 0 Å². The third-order valence-corrected chi connectivity index (χ3v) is 9.64. The van der Waals surface area contributed by atoms with Crippen LogP contribution in [0.4, 0.5) is 10.7 Å². The topological polar surface area (TPSA) is 296 Å². The van der Waals surface area contributed by atoms with Gasteiger partial charge in [0.25, 0.3) is 5.56 Å². The summed E-state index contributed by atoms with van der Waals surface area (Å²) in [6.07, 6.45) is 2.68. The maximum absolute atomic E-state index is 12.7. The van der Waals surface area contributed by atoms with Crippen LogP contribution in [0, 0.1) is 12.0 Å². The molecule has 0 radical (unpaired) electrons. The molecule has 9 N–H and O–H groups in total. The van der Waals surface area contributed by atoms with Gasteiger partial charge < -0.3 is 44.7 Å². The van der Waals surface area contributed by atoms with E-state index < -0.39 is 54.0 Å². The molecule has 44 heavy (non-hydrogen) atoms. The summed E-state index contributed by atoms with van der Waals surface area (Å²) in [5.41, 5.74) is 5.39. The number of rotatable bonds is 15. The van der Waals surface area contributed by atoms with Gasteiger partial charge in [-0.05, 0) is 38.0 Å². The Labute approximate surface area is 254 Å². The van der Waals surface area contributed by atoms with Gasteiger partial charge in [0.1, 0.15) is 11.6 Å². The molecule has 1 aliphatic rings. The number of carbonyl (C=O) groups excluding carboxylic acids is 1. The third kappa shape index (κ3) is 11.6. The predicted molar refractivity (Wildman–Crippen MR) is 155 cm³/mol. The molecule has 20 nitrogen and oxygen atoms in total. The molecule has 2 aromatic heterocycles. The number of H-pyrrole nitrogens is 1. The fourth-order valence-electron chi connectivity index (χ4n) is 3.95. The summed E-state index contributed by atoms with van der Waals surface area (Å²) in [6.45, 7) is 0.354. The molecule has 3 unspecified atom stereocenters. The second-order valence-corrected chi connectivity index (χ2v) is 13.7. The summed E-state index contributed by atoms with van der Waals surface area (Å²) in [5.74, 6) is 2.84. The third-order valence-electron chi connectivity index (χ3n) is 5.65. The van der Waals surface area contributed by atoms with Crippen LogP contribution < -0.4 is 21.9 Å². The number of carbonyl (C=O) groups is 1. The number of amides is 2. The fourth-order valence-corrected chi connectivity index (χ4v) is 7.13. The first kappa shape index (κ1) is 36.2. The normalized spacial score (nSPS) is 19.6. The molecule has 3 heterocycles. The van der Waals surface area contributed by atoms with Crippen LogP contribution in [0.2, 0.25) is 0 Å². The number of anilines is 1. The van der Waals surface area contributed by atoms with Gasteiger partial charge in [-0.25, -0.2) is 18.5 Å². The highest BCUT2D eigenvalue weighted by atomic mass is 32.1. The van der Waals surface area contributed by atoms with Crippen molar-refractivity contribution >= 4 is 59.1 Å². The Bertz CT molecular complexity index is 1590. The van der Waals surface area contributed by atoms with Crippen LogP contribution in [0.3, 0.4) is 0 Å². The minimum atomic E-state index is -5.67. The summed E-state index contributed by atoms with van der Waals surface area (Å²) in [4.78, 5) is 67.4. The second kappa shape index (κ2) is 15.8. The molecule has 2 aromatic rings. The number of thiol groups is 1. The van der Waals surface area contributed by atoms with E-state index in [2.05, 4.69) is 58.3 Å². The molecule has 4 atom stereocenters. The van der Waals surface area contributed by atoms with E-state index in [1.807, 2.05) is 0 Å². The maximum Gasteiger partial charge on any atom is 0.490 e. The lowest BCUT2D eigenvalue weighted by Gasteiger charge is -2.19. The molecular formula is C20H31N6O14P3S. The summed E-state index contributed by atoms with van der Waals surface area (Å²) in [6, 6.07) is 1.95. The lowest BCUT2D eigenvalue weighted by Crippen LogP contribution is -2.33. The predicted octanol–water partition coefficient (Wildman–Crippen LogP) is 1.01. The van der Waals surface area contributed by atoms with Crippen LogP contribution >= 0.6 is 36.1 Å². The van der Waals surface area contributed by atoms with Crippen LogP contribution in [0.25, 0.3) is 11.0 Å². The molecule has 246 valence electrons. The molecule has 3 rings (SSSR count). The number of nitrogens with two attached hydrogens (primary N) is 1. The smallest absolute Gasteiger partial charge is 0.371 e. The van der Waals surface area contributed by atoms with E-state index >= 15 is 0 Å². The number of ether oxygens (including phenoxy) is 2. The van der Waals surface area contributed by atoms with E-state index in [4.69, 9.17) is 25.0 Å². The molecule has 1 saturated heterocycles. The van der Waals surface area contributed by atoms with E-state index in [0.717, 1.165) is 19.3 Å². The number of nitrogen functional groups attached to an aromatic ring is 1. The number of phosphoric acid groups is 3. The largest absolute Gasteiger partial charge is 0.490 e. The van der Waals surface area contributed by atoms with Crippen molar-refractivity contribution in [3.8, 4) is 12.0 Å². The van der Waals surface area contributed by atoms with Crippen molar-refractivity contribution in [1.82, 2.24) is 25.2 Å². The monoisotopic (exact) mass is 704 g/mol. The molecule has 0 spiro atoms. The van der Waals surface area contributed by atoms with Gasteiger partial charge >= 0.3 is 29.5 Å². The van der Waals surface area contributed by atoms with Crippen LogP contribution in [0.5, 0.6) is 0 Å². The van der Waals surface area contributed by atoms with Crippen molar-refractivity contribution in [2.24, 2.45) is 0 Å². The quantitative estimate of drug-likeness (QED) is 0.0312. The van der Waals surface area contributed by atoms with E-state index in [9.17, 15) is 33.1 Å². The number of aromatic amines is 1. The number of aromatic nitrogens is 3. The van der Waals surface area contributed by atoms with Crippen molar-refractivity contribution in [2.45, 2.75) is 44.4 Å². The van der Waals surface area contributed by atoms with Gasteiger partial charge in [-0.15, -0.1) is 0 Å². The lowest BCUT2D eigenvalue weighted by atomic mass is 10.2. The molecule has 1 fully saturated rings. The second-order valence-electron chi connectivity index (χ2n) is 9.01. The Balaban J connectivity index is 1.63. The number of phosphoric ester groups is 1. The van der Waals surface area contributed by atoms with Gasteiger partial charge in [0, 0.05) is 25.4 Å². The van der Waals surface area contributed by atoms with Gasteiger partial charge in [0.15, 0.2) is 5.65 Å². The average molecular weight is 704 g/mol. The number of fused-ring (bicyclic) bond motifs is 1. The maximum atomic E-state index is 12.7. The Morgan fingerprint density at radius 1 is 1.18 bits per heavy atom. The highest BCUT2D eigenvalue weighted by Gasteiger charge is 2.41. The fraction of sp³-hybridized carbons (Fsp3) is 0.550. The number of hydrogen-bond donors (Lipinski definition) is 9. The minimum absolute atomic E-state index is 0.0534. The SMILES string of the molecule is Nc1nc2c(c(C#CNC(=O)NCCCCCOCS)cn2C2CC[C@@H](COP(=O)(O)OP(=O)(O)OP(=O)(O)O)O2)c(=O)[nH]1. The first-order valence-electron chi connectivity index (χ1n) is 12.7. The van der Waals surface area contributed by atoms with Crippen LogP contribution in [-0.4, -0.2) is 71.9 Å². The number of urea groups is 1. The van der Waals surface area contributed by atoms with Crippen LogP contribution in [-0.2, 0) is 36.3 Å². The van der Waals surface area contributed by atoms with Gasteiger partial charge in [-0.2, -0.15) is 26.2 Å². The molecular weight excluding hydrogens is 673 g/mol. The zero-order valence-electron chi connectivity index (χ0n) is 22.7. The molecule has 1 aliphatic heterocycles. The minimum Gasteiger partial charge on any atom is -0.371 e. The Morgan fingerprint density at radius 3 is 2.64 bits per heavy atom. The van der Waals surface area contributed by atoms with E-state index in [0.29, 0.717) is 19.1 Å². The van der Waals surface area contributed by atoms with Crippen molar-refractivity contribution < 1.29 is 60.7 Å². The van der Waals surface area contributed by atoms with E-state index in [-0.39, 0.29) is 35.4 Å².